The molecule has 0 bridgehead atoms. The highest BCUT2D eigenvalue weighted by Crippen LogP contribution is 2.35. The summed E-state index contributed by atoms with van der Waals surface area (Å²) >= 11 is 1.34. The van der Waals surface area contributed by atoms with Crippen LogP contribution in [0.3, 0.4) is 0 Å². The molecule has 2 amide bonds. The first-order valence-electron chi connectivity index (χ1n) is 9.17. The van der Waals surface area contributed by atoms with Crippen LogP contribution >= 0.6 is 11.3 Å². The van der Waals surface area contributed by atoms with E-state index in [1.54, 1.807) is 19.1 Å². The van der Waals surface area contributed by atoms with Gasteiger partial charge in [-0.3, -0.25) is 9.59 Å². The highest BCUT2D eigenvalue weighted by Gasteiger charge is 2.34. The van der Waals surface area contributed by atoms with Gasteiger partial charge in [0, 0.05) is 30.5 Å². The monoisotopic (exact) mass is 403 g/mol. The number of nitrogens with one attached hydrogen (secondary N) is 1. The van der Waals surface area contributed by atoms with Crippen LogP contribution in [-0.4, -0.2) is 49.0 Å². The summed E-state index contributed by atoms with van der Waals surface area (Å²) in [6, 6.07) is 5.48. The zero-order valence-electron chi connectivity index (χ0n) is 16.5. The Bertz CT molecular complexity index is 865. The molecule has 8 heteroatoms. The third-order valence-corrected chi connectivity index (χ3v) is 5.35. The summed E-state index contributed by atoms with van der Waals surface area (Å²) in [5.74, 6) is 1.28. The van der Waals surface area contributed by atoms with Gasteiger partial charge in [0.15, 0.2) is 5.13 Å². The van der Waals surface area contributed by atoms with Crippen molar-refractivity contribution < 1.29 is 19.1 Å². The molecular formula is C20H25N3O4S. The number of carbonyl (C=O) groups excluding carboxylic acids is 2. The van der Waals surface area contributed by atoms with Gasteiger partial charge in [-0.25, -0.2) is 4.98 Å². The number of methoxy groups -OCH3 is 2. The van der Waals surface area contributed by atoms with Gasteiger partial charge in [-0.05, 0) is 24.1 Å². The number of anilines is 1. The molecule has 28 heavy (non-hydrogen) atoms. The Hall–Kier alpha value is -2.61. The maximum absolute atomic E-state index is 12.6. The number of aromatic nitrogens is 1. The lowest BCUT2D eigenvalue weighted by Gasteiger charge is -2.18. The summed E-state index contributed by atoms with van der Waals surface area (Å²) < 4.78 is 10.7. The highest BCUT2D eigenvalue weighted by atomic mass is 32.1. The van der Waals surface area contributed by atoms with Crippen molar-refractivity contribution in [2.75, 3.05) is 32.6 Å². The number of nitrogens with zero attached hydrogens (tertiary/aromatic N) is 2. The van der Waals surface area contributed by atoms with Gasteiger partial charge in [-0.15, -0.1) is 11.3 Å². The van der Waals surface area contributed by atoms with E-state index in [1.165, 1.54) is 11.3 Å². The molecule has 1 fully saturated rings. The van der Waals surface area contributed by atoms with Gasteiger partial charge < -0.3 is 19.7 Å². The molecule has 150 valence electrons. The minimum atomic E-state index is -0.343. The standard InChI is InChI=1S/C20H25N3O4S/c1-12(2)9-23-10-13(7-18(23)24)19(25)22-20-21-16(11-28-20)15-8-14(26-3)5-6-17(15)27-4/h5-6,8,11-13H,7,9-10H2,1-4H3,(H,21,22,25). The second-order valence-corrected chi connectivity index (χ2v) is 8.05. The second kappa shape index (κ2) is 8.60. The van der Waals surface area contributed by atoms with Crippen molar-refractivity contribution in [2.45, 2.75) is 20.3 Å². The van der Waals surface area contributed by atoms with Gasteiger partial charge in [0.05, 0.1) is 25.8 Å². The lowest BCUT2D eigenvalue weighted by molar-refractivity contribution is -0.128. The van der Waals surface area contributed by atoms with E-state index in [-0.39, 0.29) is 24.2 Å². The van der Waals surface area contributed by atoms with E-state index in [0.717, 1.165) is 5.56 Å². The summed E-state index contributed by atoms with van der Waals surface area (Å²) in [4.78, 5) is 31.0. The zero-order chi connectivity index (χ0) is 20.3. The van der Waals surface area contributed by atoms with Crippen LogP contribution in [0.1, 0.15) is 20.3 Å². The summed E-state index contributed by atoms with van der Waals surface area (Å²) in [5, 5.41) is 5.21. The van der Waals surface area contributed by atoms with Gasteiger partial charge in [0.25, 0.3) is 0 Å². The third kappa shape index (κ3) is 4.44. The molecule has 1 N–H and O–H groups in total. The van der Waals surface area contributed by atoms with Gasteiger partial charge in [-0.2, -0.15) is 0 Å². The fourth-order valence-corrected chi connectivity index (χ4v) is 3.96. The molecule has 1 aromatic heterocycles. The molecule has 3 rings (SSSR count). The number of likely N-dealkylation sites (tertiary alicyclic amines) is 1. The van der Waals surface area contributed by atoms with Gasteiger partial charge in [0.1, 0.15) is 11.5 Å². The Morgan fingerprint density at radius 1 is 1.36 bits per heavy atom. The fourth-order valence-electron chi connectivity index (χ4n) is 3.24. The van der Waals surface area contributed by atoms with Crippen molar-refractivity contribution in [3.63, 3.8) is 0 Å². The van der Waals surface area contributed by atoms with E-state index in [1.807, 2.05) is 23.6 Å². The largest absolute Gasteiger partial charge is 0.497 e. The molecule has 1 saturated heterocycles. The van der Waals surface area contributed by atoms with E-state index in [9.17, 15) is 9.59 Å². The summed E-state index contributed by atoms with van der Waals surface area (Å²) in [5.41, 5.74) is 1.48. The van der Waals surface area contributed by atoms with E-state index in [0.29, 0.717) is 41.3 Å². The van der Waals surface area contributed by atoms with Crippen LogP contribution < -0.4 is 14.8 Å². The maximum Gasteiger partial charge on any atom is 0.231 e. The second-order valence-electron chi connectivity index (χ2n) is 7.19. The molecule has 1 atom stereocenters. The smallest absolute Gasteiger partial charge is 0.231 e. The quantitative estimate of drug-likeness (QED) is 0.767. The van der Waals surface area contributed by atoms with Crippen LogP contribution in [0.15, 0.2) is 23.6 Å². The van der Waals surface area contributed by atoms with Crippen LogP contribution in [-0.2, 0) is 9.59 Å². The van der Waals surface area contributed by atoms with Crippen LogP contribution in [0.25, 0.3) is 11.3 Å². The number of benzene rings is 1. The molecule has 1 aliphatic rings. The summed E-state index contributed by atoms with van der Waals surface area (Å²) in [7, 11) is 3.20. The van der Waals surface area contributed by atoms with Crippen molar-refractivity contribution in [3.8, 4) is 22.8 Å². The maximum atomic E-state index is 12.6. The average molecular weight is 404 g/mol. The molecule has 2 heterocycles. The molecule has 1 unspecified atom stereocenters. The molecule has 0 radical (unpaired) electrons. The van der Waals surface area contributed by atoms with Crippen LogP contribution in [0.4, 0.5) is 5.13 Å². The van der Waals surface area contributed by atoms with Gasteiger partial charge in [0.2, 0.25) is 11.8 Å². The molecule has 0 saturated carbocycles. The molecule has 7 nitrogen and oxygen atoms in total. The molecule has 0 spiro atoms. The lowest BCUT2D eigenvalue weighted by Crippen LogP contribution is -2.31. The number of amides is 2. The van der Waals surface area contributed by atoms with E-state index in [2.05, 4.69) is 24.1 Å². The minimum absolute atomic E-state index is 0.0368. The van der Waals surface area contributed by atoms with Crippen molar-refractivity contribution in [1.29, 1.82) is 0 Å². The molecular weight excluding hydrogens is 378 g/mol. The van der Waals surface area contributed by atoms with E-state index < -0.39 is 0 Å². The summed E-state index contributed by atoms with van der Waals surface area (Å²) in [6.45, 7) is 5.26. The predicted molar refractivity (Wildman–Crippen MR) is 109 cm³/mol. The Morgan fingerprint density at radius 3 is 2.82 bits per heavy atom. The number of rotatable bonds is 7. The van der Waals surface area contributed by atoms with Crippen LogP contribution in [0, 0.1) is 11.8 Å². The van der Waals surface area contributed by atoms with Crippen molar-refractivity contribution in [3.05, 3.63) is 23.6 Å². The van der Waals surface area contributed by atoms with E-state index in [4.69, 9.17) is 9.47 Å². The number of hydrogen-bond acceptors (Lipinski definition) is 6. The normalized spacial score (nSPS) is 16.5. The fraction of sp³-hybridized carbons (Fsp3) is 0.450. The lowest BCUT2D eigenvalue weighted by atomic mass is 10.1. The number of carbonyl (C=O) groups is 2. The van der Waals surface area contributed by atoms with E-state index >= 15 is 0 Å². The molecule has 0 aliphatic carbocycles. The van der Waals surface area contributed by atoms with Crippen molar-refractivity contribution in [2.24, 2.45) is 11.8 Å². The third-order valence-electron chi connectivity index (χ3n) is 4.59. The zero-order valence-corrected chi connectivity index (χ0v) is 17.3. The SMILES string of the molecule is COc1ccc(OC)c(-c2csc(NC(=O)C3CC(=O)N(CC(C)C)C3)n2)c1. The Morgan fingerprint density at radius 2 is 2.14 bits per heavy atom. The van der Waals surface area contributed by atoms with Crippen molar-refractivity contribution in [1.82, 2.24) is 9.88 Å². The Kier molecular flexibility index (Phi) is 6.18. The predicted octanol–water partition coefficient (Wildman–Crippen LogP) is 3.27. The first-order valence-corrected chi connectivity index (χ1v) is 10.1. The van der Waals surface area contributed by atoms with Gasteiger partial charge in [-0.1, -0.05) is 13.8 Å². The first-order chi connectivity index (χ1) is 13.4. The number of ether oxygens (including phenoxy) is 2. The molecule has 1 aromatic carbocycles. The first kappa shape index (κ1) is 20.1. The Balaban J connectivity index is 1.70. The number of hydrogen-bond donors (Lipinski definition) is 1. The van der Waals surface area contributed by atoms with Crippen LogP contribution in [0.2, 0.25) is 0 Å². The highest BCUT2D eigenvalue weighted by molar-refractivity contribution is 7.14. The topological polar surface area (TPSA) is 80.8 Å². The Labute approximate surface area is 168 Å². The minimum Gasteiger partial charge on any atom is -0.497 e. The average Bonchev–Trinajstić information content (AvgIpc) is 3.27. The van der Waals surface area contributed by atoms with Crippen molar-refractivity contribution >= 4 is 28.3 Å². The molecule has 2 aromatic rings. The number of thiazole rings is 1. The van der Waals surface area contributed by atoms with Crippen LogP contribution in [0.5, 0.6) is 11.5 Å². The van der Waals surface area contributed by atoms with Gasteiger partial charge >= 0.3 is 0 Å². The summed E-state index contributed by atoms with van der Waals surface area (Å²) in [6.07, 6.45) is 0.250. The molecule has 1 aliphatic heterocycles.